The van der Waals surface area contributed by atoms with Crippen LogP contribution in [0.2, 0.25) is 0 Å². The fourth-order valence-corrected chi connectivity index (χ4v) is 3.36. The molecule has 8 heteroatoms. The number of aliphatic imine (C=N–C) groups is 1. The Balaban J connectivity index is 0.00000220. The Bertz CT molecular complexity index is 456. The first-order chi connectivity index (χ1) is 9.72. The highest BCUT2D eigenvalue weighted by Crippen LogP contribution is 2.20. The van der Waals surface area contributed by atoms with Crippen molar-refractivity contribution in [3.8, 4) is 0 Å². The maximum absolute atomic E-state index is 5.66. The van der Waals surface area contributed by atoms with Gasteiger partial charge in [0.15, 0.2) is 5.96 Å². The third kappa shape index (κ3) is 6.01. The summed E-state index contributed by atoms with van der Waals surface area (Å²) in [5.74, 6) is 0.914. The van der Waals surface area contributed by atoms with Crippen LogP contribution in [0.5, 0.6) is 0 Å². The topological polar surface area (TPSA) is 46.1 Å². The Morgan fingerprint density at radius 3 is 3.10 bits per heavy atom. The highest BCUT2D eigenvalue weighted by molar-refractivity contribution is 14.0. The molecule has 1 atom stereocenters. The van der Waals surface area contributed by atoms with Gasteiger partial charge in [-0.3, -0.25) is 4.99 Å². The van der Waals surface area contributed by atoms with Gasteiger partial charge in [0.05, 0.1) is 23.1 Å². The molecule has 120 valence electrons. The molecule has 1 aromatic heterocycles. The molecule has 0 bridgehead atoms. The summed E-state index contributed by atoms with van der Waals surface area (Å²) in [7, 11) is 3.51. The Morgan fingerprint density at radius 1 is 1.67 bits per heavy atom. The van der Waals surface area contributed by atoms with Crippen LogP contribution >= 0.6 is 51.2 Å². The third-order valence-electron chi connectivity index (χ3n) is 3.08. The van der Waals surface area contributed by atoms with E-state index in [1.807, 2.05) is 7.05 Å². The van der Waals surface area contributed by atoms with Crippen molar-refractivity contribution >= 4 is 57.2 Å². The van der Waals surface area contributed by atoms with Crippen LogP contribution in [-0.2, 0) is 16.0 Å². The lowest BCUT2D eigenvalue weighted by Gasteiger charge is -2.34. The monoisotopic (exact) mass is 489 g/mol. The molecule has 5 nitrogen and oxygen atoms in total. The van der Waals surface area contributed by atoms with Crippen LogP contribution < -0.4 is 5.32 Å². The number of hydrogen-bond donors (Lipinski definition) is 1. The fraction of sp³-hybridized carbons (Fsp3) is 0.615. The predicted octanol–water partition coefficient (Wildman–Crippen LogP) is 2.55. The molecule has 1 unspecified atom stereocenters. The molecule has 2 heterocycles. The van der Waals surface area contributed by atoms with Gasteiger partial charge >= 0.3 is 0 Å². The van der Waals surface area contributed by atoms with E-state index in [9.17, 15) is 0 Å². The van der Waals surface area contributed by atoms with Gasteiger partial charge in [-0.25, -0.2) is 0 Å². The normalized spacial score (nSPS) is 19.3. The lowest BCUT2D eigenvalue weighted by Crippen LogP contribution is -2.51. The second-order valence-electron chi connectivity index (χ2n) is 4.55. The van der Waals surface area contributed by atoms with Gasteiger partial charge in [0.1, 0.15) is 0 Å². The molecular formula is C13H21BrIN3O2S. The number of morpholine rings is 1. The molecule has 1 aliphatic rings. The molecule has 0 radical (unpaired) electrons. The largest absolute Gasteiger partial charge is 0.382 e. The Kier molecular flexibility index (Phi) is 9.10. The van der Waals surface area contributed by atoms with Crippen molar-refractivity contribution in [1.29, 1.82) is 0 Å². The van der Waals surface area contributed by atoms with E-state index in [2.05, 4.69) is 42.6 Å². The first-order valence-electron chi connectivity index (χ1n) is 6.52. The van der Waals surface area contributed by atoms with Crippen molar-refractivity contribution < 1.29 is 9.47 Å². The van der Waals surface area contributed by atoms with Gasteiger partial charge in [-0.1, -0.05) is 0 Å². The molecule has 1 aromatic rings. The van der Waals surface area contributed by atoms with Gasteiger partial charge in [-0.15, -0.1) is 35.3 Å². The van der Waals surface area contributed by atoms with Crippen LogP contribution in [0.15, 0.2) is 20.2 Å². The highest BCUT2D eigenvalue weighted by atomic mass is 127. The first-order valence-corrected chi connectivity index (χ1v) is 8.19. The molecule has 1 N–H and O–H groups in total. The van der Waals surface area contributed by atoms with Crippen LogP contribution in [0, 0.1) is 0 Å². The van der Waals surface area contributed by atoms with Crippen LogP contribution in [0.4, 0.5) is 0 Å². The lowest BCUT2D eigenvalue weighted by molar-refractivity contribution is -0.0447. The number of thiophene rings is 1. The minimum atomic E-state index is 0. The number of rotatable bonds is 4. The summed E-state index contributed by atoms with van der Waals surface area (Å²) in [6.45, 7) is 3.76. The molecular weight excluding hydrogens is 469 g/mol. The minimum Gasteiger partial charge on any atom is -0.382 e. The van der Waals surface area contributed by atoms with E-state index >= 15 is 0 Å². The summed E-state index contributed by atoms with van der Waals surface area (Å²) in [5.41, 5.74) is 1.25. The van der Waals surface area contributed by atoms with E-state index in [0.717, 1.165) is 29.4 Å². The summed E-state index contributed by atoms with van der Waals surface area (Å²) in [6, 6.07) is 2.12. The second-order valence-corrected chi connectivity index (χ2v) is 6.84. The van der Waals surface area contributed by atoms with Crippen molar-refractivity contribution in [2.75, 3.05) is 40.5 Å². The van der Waals surface area contributed by atoms with Crippen LogP contribution in [-0.4, -0.2) is 57.4 Å². The van der Waals surface area contributed by atoms with Crippen LogP contribution in [0.3, 0.4) is 0 Å². The van der Waals surface area contributed by atoms with Crippen molar-refractivity contribution in [3.05, 3.63) is 20.8 Å². The number of nitrogens with zero attached hydrogens (tertiary/aromatic N) is 2. The highest BCUT2D eigenvalue weighted by Gasteiger charge is 2.22. The molecule has 1 saturated heterocycles. The molecule has 21 heavy (non-hydrogen) atoms. The summed E-state index contributed by atoms with van der Waals surface area (Å²) >= 11 is 5.17. The minimum absolute atomic E-state index is 0. The summed E-state index contributed by atoms with van der Waals surface area (Å²) in [6.07, 6.45) is 0.114. The molecule has 0 amide bonds. The van der Waals surface area contributed by atoms with E-state index in [1.54, 1.807) is 18.4 Å². The molecule has 0 saturated carbocycles. The van der Waals surface area contributed by atoms with Crippen LogP contribution in [0.25, 0.3) is 0 Å². The van der Waals surface area contributed by atoms with E-state index in [-0.39, 0.29) is 30.1 Å². The van der Waals surface area contributed by atoms with E-state index in [1.165, 1.54) is 5.56 Å². The van der Waals surface area contributed by atoms with Gasteiger partial charge < -0.3 is 19.7 Å². The lowest BCUT2D eigenvalue weighted by atomic mass is 10.3. The zero-order chi connectivity index (χ0) is 14.4. The van der Waals surface area contributed by atoms with Crippen molar-refractivity contribution in [3.63, 3.8) is 0 Å². The average Bonchev–Trinajstić information content (AvgIpc) is 2.86. The molecule has 2 rings (SSSR count). The number of ether oxygens (including phenoxy) is 2. The molecule has 1 aliphatic heterocycles. The molecule has 1 fully saturated rings. The molecule has 0 aliphatic carbocycles. The van der Waals surface area contributed by atoms with Crippen molar-refractivity contribution in [2.45, 2.75) is 12.6 Å². The number of nitrogens with one attached hydrogen (secondary N) is 1. The zero-order valence-corrected chi connectivity index (χ0v) is 16.9. The maximum Gasteiger partial charge on any atom is 0.194 e. The van der Waals surface area contributed by atoms with Gasteiger partial charge in [-0.2, -0.15) is 0 Å². The SMILES string of the molecule is CN=C(NCc1csc(Br)c1)N1CCOC(COC)C1.I. The standard InChI is InChI=1S/C13H20BrN3O2S.HI/c1-15-13(16-6-10-5-12(14)20-9-10)17-3-4-19-11(7-17)8-18-2;/h5,9,11H,3-4,6-8H2,1-2H3,(H,15,16);1H. The summed E-state index contributed by atoms with van der Waals surface area (Å²) in [4.78, 5) is 6.57. The van der Waals surface area contributed by atoms with Crippen LogP contribution in [0.1, 0.15) is 5.56 Å². The number of methoxy groups -OCH3 is 1. The fourth-order valence-electron chi connectivity index (χ4n) is 2.15. The second kappa shape index (κ2) is 9.98. The van der Waals surface area contributed by atoms with E-state index in [4.69, 9.17) is 9.47 Å². The Morgan fingerprint density at radius 2 is 2.48 bits per heavy atom. The van der Waals surface area contributed by atoms with Gasteiger partial charge in [0.25, 0.3) is 0 Å². The first kappa shape index (κ1) is 19.1. The third-order valence-corrected chi connectivity index (χ3v) is 4.63. The number of guanidine groups is 1. The van der Waals surface area contributed by atoms with Gasteiger partial charge in [0, 0.05) is 33.8 Å². The van der Waals surface area contributed by atoms with Gasteiger partial charge in [0.2, 0.25) is 0 Å². The average molecular weight is 490 g/mol. The maximum atomic E-state index is 5.66. The number of halogens is 2. The zero-order valence-electron chi connectivity index (χ0n) is 12.2. The smallest absolute Gasteiger partial charge is 0.194 e. The van der Waals surface area contributed by atoms with Crippen molar-refractivity contribution in [2.24, 2.45) is 4.99 Å². The quantitative estimate of drug-likeness (QED) is 0.401. The summed E-state index contributed by atoms with van der Waals surface area (Å²) in [5, 5.41) is 5.53. The van der Waals surface area contributed by atoms with E-state index < -0.39 is 0 Å². The van der Waals surface area contributed by atoms with Gasteiger partial charge in [-0.05, 0) is 32.9 Å². The molecule has 0 aromatic carbocycles. The van der Waals surface area contributed by atoms with Crippen molar-refractivity contribution in [1.82, 2.24) is 10.2 Å². The summed E-state index contributed by atoms with van der Waals surface area (Å²) < 4.78 is 12.0. The Hall–Kier alpha value is 0.1000. The molecule has 0 spiro atoms. The predicted molar refractivity (Wildman–Crippen MR) is 101 cm³/mol. The Labute approximate surface area is 155 Å². The number of hydrogen-bond acceptors (Lipinski definition) is 4. The van der Waals surface area contributed by atoms with E-state index in [0.29, 0.717) is 13.2 Å².